The van der Waals surface area contributed by atoms with Crippen LogP contribution in [0.5, 0.6) is 0 Å². The van der Waals surface area contributed by atoms with Crippen LogP contribution < -0.4 is 0 Å². The van der Waals surface area contributed by atoms with E-state index < -0.39 is 0 Å². The fourth-order valence-corrected chi connectivity index (χ4v) is 2.25. The maximum atomic E-state index is 11.9. The highest BCUT2D eigenvalue weighted by Gasteiger charge is 2.13. The minimum Gasteiger partial charge on any atom is -0.466 e. The van der Waals surface area contributed by atoms with Gasteiger partial charge in [-0.1, -0.05) is 40.9 Å². The fourth-order valence-electron chi connectivity index (χ4n) is 1.47. The zero-order valence-corrected chi connectivity index (χ0v) is 13.1. The first-order valence-electron chi connectivity index (χ1n) is 6.18. The molecule has 19 heavy (non-hydrogen) atoms. The molecule has 0 aliphatic carbocycles. The van der Waals surface area contributed by atoms with Crippen molar-refractivity contribution in [2.75, 3.05) is 6.61 Å². The number of benzene rings is 1. The topological polar surface area (TPSA) is 43.4 Å². The molecule has 0 atom stereocenters. The lowest BCUT2D eigenvalue weighted by atomic mass is 10.1. The molecule has 0 aromatic heterocycles. The number of carbonyl (C=O) groups excluding carboxylic acids is 2. The summed E-state index contributed by atoms with van der Waals surface area (Å²) in [5.41, 5.74) is 0.436. The van der Waals surface area contributed by atoms with Gasteiger partial charge < -0.3 is 4.74 Å². The normalized spacial score (nSPS) is 10.3. The second-order valence-corrected chi connectivity index (χ2v) is 5.44. The minimum atomic E-state index is -0.338. The Labute approximate surface area is 126 Å². The highest BCUT2D eigenvalue weighted by molar-refractivity contribution is 9.10. The van der Waals surface area contributed by atoms with Gasteiger partial charge in [-0.3, -0.25) is 9.59 Å². The zero-order valence-electron chi connectivity index (χ0n) is 10.7. The predicted octanol–water partition coefficient (Wildman–Crippen LogP) is 4.41. The Kier molecular flexibility index (Phi) is 7.10. The van der Waals surface area contributed by atoms with E-state index in [1.807, 2.05) is 6.92 Å². The van der Waals surface area contributed by atoms with E-state index in [2.05, 4.69) is 15.9 Å². The maximum Gasteiger partial charge on any atom is 0.306 e. The molecule has 104 valence electrons. The number of unbranched alkanes of at least 4 members (excludes halogenated alkanes) is 1. The van der Waals surface area contributed by atoms with Gasteiger partial charge in [0, 0.05) is 16.5 Å². The molecule has 1 aromatic carbocycles. The molecule has 0 saturated heterocycles. The fraction of sp³-hybridized carbons (Fsp3) is 0.429. The van der Waals surface area contributed by atoms with Crippen LogP contribution in [0.1, 0.15) is 43.0 Å². The molecule has 0 N–H and O–H groups in total. The Balaban J connectivity index is 2.45. The standard InChI is InChI=1S/C14H16BrClO3/c1-2-3-8-19-14(18)7-6-13(17)11-5-4-10(15)9-12(11)16/h4-5,9H,2-3,6-8H2,1H3. The van der Waals surface area contributed by atoms with Gasteiger partial charge in [-0.05, 0) is 24.6 Å². The third-order valence-corrected chi connectivity index (χ3v) is 3.35. The van der Waals surface area contributed by atoms with Gasteiger partial charge in [-0.15, -0.1) is 0 Å². The van der Waals surface area contributed by atoms with Crippen LogP contribution >= 0.6 is 27.5 Å². The van der Waals surface area contributed by atoms with Crippen molar-refractivity contribution in [3.8, 4) is 0 Å². The minimum absolute atomic E-state index is 0.0922. The molecular weight excluding hydrogens is 332 g/mol. The number of hydrogen-bond donors (Lipinski definition) is 0. The lowest BCUT2D eigenvalue weighted by Gasteiger charge is -2.05. The summed E-state index contributed by atoms with van der Waals surface area (Å²) in [7, 11) is 0. The van der Waals surface area contributed by atoms with Crippen LogP contribution in [0.2, 0.25) is 5.02 Å². The summed E-state index contributed by atoms with van der Waals surface area (Å²) in [6.45, 7) is 2.44. The van der Waals surface area contributed by atoms with Crippen molar-refractivity contribution in [1.82, 2.24) is 0 Å². The predicted molar refractivity (Wildman–Crippen MR) is 78.6 cm³/mol. The molecule has 0 heterocycles. The van der Waals surface area contributed by atoms with Gasteiger partial charge in [0.1, 0.15) is 0 Å². The number of Topliss-reactive ketones (excluding diaryl/α,β-unsaturated/α-hetero) is 1. The van der Waals surface area contributed by atoms with Crippen LogP contribution in [-0.2, 0) is 9.53 Å². The summed E-state index contributed by atoms with van der Waals surface area (Å²) in [4.78, 5) is 23.3. The third kappa shape index (κ3) is 5.74. The average molecular weight is 348 g/mol. The second-order valence-electron chi connectivity index (χ2n) is 4.12. The number of esters is 1. The number of carbonyl (C=O) groups is 2. The van der Waals surface area contributed by atoms with Crippen molar-refractivity contribution >= 4 is 39.3 Å². The van der Waals surface area contributed by atoms with Gasteiger partial charge in [0.25, 0.3) is 0 Å². The van der Waals surface area contributed by atoms with Crippen molar-refractivity contribution < 1.29 is 14.3 Å². The van der Waals surface area contributed by atoms with Gasteiger partial charge in [-0.25, -0.2) is 0 Å². The highest BCUT2D eigenvalue weighted by atomic mass is 79.9. The van der Waals surface area contributed by atoms with Crippen LogP contribution in [0, 0.1) is 0 Å². The van der Waals surface area contributed by atoms with E-state index in [1.165, 1.54) is 0 Å². The van der Waals surface area contributed by atoms with E-state index in [0.29, 0.717) is 17.2 Å². The summed E-state index contributed by atoms with van der Waals surface area (Å²) >= 11 is 9.25. The number of ketones is 1. The quantitative estimate of drug-likeness (QED) is 0.417. The van der Waals surface area contributed by atoms with E-state index >= 15 is 0 Å². The lowest BCUT2D eigenvalue weighted by molar-refractivity contribution is -0.143. The van der Waals surface area contributed by atoms with Crippen molar-refractivity contribution in [3.05, 3.63) is 33.3 Å². The molecule has 0 unspecified atom stereocenters. The van der Waals surface area contributed by atoms with Crippen LogP contribution in [0.15, 0.2) is 22.7 Å². The smallest absolute Gasteiger partial charge is 0.306 e. The van der Waals surface area contributed by atoms with Gasteiger partial charge in [-0.2, -0.15) is 0 Å². The van der Waals surface area contributed by atoms with Gasteiger partial charge in [0.2, 0.25) is 0 Å². The van der Waals surface area contributed by atoms with Crippen molar-refractivity contribution in [2.45, 2.75) is 32.6 Å². The summed E-state index contributed by atoms with van der Waals surface area (Å²) in [5.74, 6) is -0.486. The van der Waals surface area contributed by atoms with Crippen LogP contribution in [-0.4, -0.2) is 18.4 Å². The monoisotopic (exact) mass is 346 g/mol. The third-order valence-electron chi connectivity index (χ3n) is 2.55. The zero-order chi connectivity index (χ0) is 14.3. The Hall–Kier alpha value is -0.870. The Morgan fingerprint density at radius 1 is 1.32 bits per heavy atom. The van der Waals surface area contributed by atoms with Gasteiger partial charge >= 0.3 is 5.97 Å². The Bertz CT molecular complexity index is 460. The molecule has 0 amide bonds. The number of halogens is 2. The van der Waals surface area contributed by atoms with E-state index in [1.54, 1.807) is 18.2 Å². The molecule has 5 heteroatoms. The van der Waals surface area contributed by atoms with E-state index in [0.717, 1.165) is 17.3 Å². The second kappa shape index (κ2) is 8.33. The first-order valence-corrected chi connectivity index (χ1v) is 7.35. The lowest BCUT2D eigenvalue weighted by Crippen LogP contribution is -2.09. The van der Waals surface area contributed by atoms with Crippen molar-refractivity contribution in [3.63, 3.8) is 0 Å². The van der Waals surface area contributed by atoms with Gasteiger partial charge in [0.05, 0.1) is 18.1 Å². The molecule has 0 aliphatic heterocycles. The number of hydrogen-bond acceptors (Lipinski definition) is 3. The van der Waals surface area contributed by atoms with Crippen LogP contribution in [0.4, 0.5) is 0 Å². The first kappa shape index (κ1) is 16.2. The molecule has 3 nitrogen and oxygen atoms in total. The summed E-state index contributed by atoms with van der Waals surface area (Å²) in [6, 6.07) is 5.06. The summed E-state index contributed by atoms with van der Waals surface area (Å²) < 4.78 is 5.80. The molecule has 0 saturated carbocycles. The largest absolute Gasteiger partial charge is 0.466 e. The van der Waals surface area contributed by atoms with Crippen LogP contribution in [0.3, 0.4) is 0 Å². The van der Waals surface area contributed by atoms with Crippen molar-refractivity contribution in [2.24, 2.45) is 0 Å². The molecule has 0 bridgehead atoms. The maximum absolute atomic E-state index is 11.9. The van der Waals surface area contributed by atoms with E-state index in [-0.39, 0.29) is 24.6 Å². The van der Waals surface area contributed by atoms with Crippen LogP contribution in [0.25, 0.3) is 0 Å². The summed E-state index contributed by atoms with van der Waals surface area (Å²) in [6.07, 6.45) is 2.03. The molecule has 1 aromatic rings. The molecular formula is C14H16BrClO3. The number of rotatable bonds is 7. The molecule has 0 radical (unpaired) electrons. The molecule has 0 fully saturated rings. The summed E-state index contributed by atoms with van der Waals surface area (Å²) in [5, 5.41) is 0.388. The molecule has 0 spiro atoms. The molecule has 0 aliphatic rings. The highest BCUT2D eigenvalue weighted by Crippen LogP contribution is 2.22. The molecule has 1 rings (SSSR count). The number of ether oxygens (including phenoxy) is 1. The first-order chi connectivity index (χ1) is 9.04. The average Bonchev–Trinajstić information content (AvgIpc) is 2.36. The van der Waals surface area contributed by atoms with E-state index in [9.17, 15) is 9.59 Å². The Morgan fingerprint density at radius 2 is 2.05 bits per heavy atom. The van der Waals surface area contributed by atoms with E-state index in [4.69, 9.17) is 16.3 Å². The SMILES string of the molecule is CCCCOC(=O)CCC(=O)c1ccc(Br)cc1Cl. The van der Waals surface area contributed by atoms with Crippen molar-refractivity contribution in [1.29, 1.82) is 0 Å². The van der Waals surface area contributed by atoms with Gasteiger partial charge in [0.15, 0.2) is 5.78 Å². The Morgan fingerprint density at radius 3 is 2.68 bits per heavy atom.